The third kappa shape index (κ3) is 7.25. The minimum absolute atomic E-state index is 0.0414. The maximum Gasteiger partial charge on any atom is 0.250 e. The molecule has 0 bridgehead atoms. The van der Waals surface area contributed by atoms with Gasteiger partial charge < -0.3 is 4.74 Å². The number of nitrogens with zero attached hydrogens (tertiary/aromatic N) is 1. The normalized spacial score (nSPS) is 11.0. The van der Waals surface area contributed by atoms with E-state index < -0.39 is 0 Å². The van der Waals surface area contributed by atoms with Crippen LogP contribution in [0.15, 0.2) is 75.1 Å². The first-order valence-electron chi connectivity index (χ1n) is 8.98. The van der Waals surface area contributed by atoms with Gasteiger partial charge in [-0.15, -0.1) is 11.8 Å². The van der Waals surface area contributed by atoms with E-state index in [1.54, 1.807) is 42.5 Å². The van der Waals surface area contributed by atoms with Crippen LogP contribution in [-0.2, 0) is 11.4 Å². The van der Waals surface area contributed by atoms with Crippen LogP contribution >= 0.6 is 50.9 Å². The Balaban J connectivity index is 1.54. The largest absolute Gasteiger partial charge is 0.486 e. The van der Waals surface area contributed by atoms with Gasteiger partial charge in [0.1, 0.15) is 12.4 Å². The van der Waals surface area contributed by atoms with Crippen molar-refractivity contribution in [1.29, 1.82) is 0 Å². The van der Waals surface area contributed by atoms with Crippen molar-refractivity contribution in [2.45, 2.75) is 11.5 Å². The van der Waals surface area contributed by atoms with Crippen LogP contribution in [-0.4, -0.2) is 17.9 Å². The van der Waals surface area contributed by atoms with Gasteiger partial charge in [0, 0.05) is 15.5 Å². The smallest absolute Gasteiger partial charge is 0.250 e. The fraction of sp³-hybridized carbons (Fsp3) is 0.0909. The molecule has 0 spiro atoms. The van der Waals surface area contributed by atoms with Gasteiger partial charge in [0.15, 0.2) is 5.75 Å². The van der Waals surface area contributed by atoms with Gasteiger partial charge >= 0.3 is 0 Å². The van der Waals surface area contributed by atoms with Crippen LogP contribution in [0, 0.1) is 5.82 Å². The molecule has 3 aromatic rings. The molecule has 4 nitrogen and oxygen atoms in total. The molecule has 0 atom stereocenters. The molecule has 0 heterocycles. The molecule has 1 amide bonds. The third-order valence-corrected chi connectivity index (χ3v) is 6.07. The number of hydrogen-bond acceptors (Lipinski definition) is 4. The van der Waals surface area contributed by atoms with Crippen LogP contribution in [0.25, 0.3) is 0 Å². The summed E-state index contributed by atoms with van der Waals surface area (Å²) in [5, 5.41) is 4.93. The summed E-state index contributed by atoms with van der Waals surface area (Å²) in [7, 11) is 0. The number of halogens is 4. The molecule has 31 heavy (non-hydrogen) atoms. The molecule has 0 aliphatic carbocycles. The van der Waals surface area contributed by atoms with Gasteiger partial charge in [-0.2, -0.15) is 5.10 Å². The Morgan fingerprint density at radius 1 is 1.16 bits per heavy atom. The number of carbonyl (C=O) groups excluding carboxylic acids is 1. The summed E-state index contributed by atoms with van der Waals surface area (Å²) in [4.78, 5) is 12.9. The molecule has 1 N–H and O–H groups in total. The zero-order valence-electron chi connectivity index (χ0n) is 15.9. The first kappa shape index (κ1) is 23.6. The van der Waals surface area contributed by atoms with E-state index in [2.05, 4.69) is 26.5 Å². The number of hydrogen-bond donors (Lipinski definition) is 1. The molecule has 3 aromatic carbocycles. The highest BCUT2D eigenvalue weighted by Gasteiger charge is 2.11. The average Bonchev–Trinajstić information content (AvgIpc) is 2.74. The van der Waals surface area contributed by atoms with E-state index in [4.69, 9.17) is 27.9 Å². The summed E-state index contributed by atoms with van der Waals surface area (Å²) in [5.41, 5.74) is 3.55. The van der Waals surface area contributed by atoms with Gasteiger partial charge in [-0.25, -0.2) is 9.82 Å². The minimum atomic E-state index is -0.344. The second kappa shape index (κ2) is 11.5. The number of benzene rings is 3. The average molecular weight is 542 g/mol. The van der Waals surface area contributed by atoms with Gasteiger partial charge in [0.2, 0.25) is 5.91 Å². The lowest BCUT2D eigenvalue weighted by Crippen LogP contribution is -2.19. The zero-order valence-corrected chi connectivity index (χ0v) is 19.9. The van der Waals surface area contributed by atoms with Crippen molar-refractivity contribution in [3.8, 4) is 5.75 Å². The van der Waals surface area contributed by atoms with Crippen LogP contribution in [0.5, 0.6) is 5.75 Å². The van der Waals surface area contributed by atoms with E-state index in [9.17, 15) is 9.18 Å². The minimum Gasteiger partial charge on any atom is -0.486 e. The topological polar surface area (TPSA) is 50.7 Å². The lowest BCUT2D eigenvalue weighted by Gasteiger charge is -2.11. The Kier molecular flexibility index (Phi) is 8.78. The van der Waals surface area contributed by atoms with E-state index in [1.165, 1.54) is 24.0 Å². The highest BCUT2D eigenvalue weighted by Crippen LogP contribution is 2.34. The molecule has 160 valence electrons. The number of amides is 1. The quantitative estimate of drug-likeness (QED) is 0.196. The predicted octanol–water partition coefficient (Wildman–Crippen LogP) is 6.72. The molecule has 0 radical (unpaired) electrons. The lowest BCUT2D eigenvalue weighted by molar-refractivity contribution is -0.118. The first-order valence-corrected chi connectivity index (χ1v) is 11.5. The lowest BCUT2D eigenvalue weighted by atomic mass is 10.2. The van der Waals surface area contributed by atoms with E-state index in [0.717, 1.165) is 4.90 Å². The third-order valence-electron chi connectivity index (χ3n) is 3.94. The monoisotopic (exact) mass is 540 g/mol. The van der Waals surface area contributed by atoms with Crippen molar-refractivity contribution in [2.75, 3.05) is 5.75 Å². The number of thioether (sulfide) groups is 1. The summed E-state index contributed by atoms with van der Waals surface area (Å²) >= 11 is 16.9. The van der Waals surface area contributed by atoms with Crippen molar-refractivity contribution in [1.82, 2.24) is 5.43 Å². The summed E-state index contributed by atoms with van der Waals surface area (Å²) < 4.78 is 20.0. The number of hydrazone groups is 1. The zero-order chi connectivity index (χ0) is 22.2. The highest BCUT2D eigenvalue weighted by atomic mass is 79.9. The molecule has 0 aromatic heterocycles. The molecule has 0 saturated heterocycles. The van der Waals surface area contributed by atoms with Gasteiger partial charge in [0.05, 0.1) is 21.5 Å². The Bertz CT molecular complexity index is 1070. The van der Waals surface area contributed by atoms with Gasteiger partial charge in [-0.05, 0) is 64.0 Å². The molecular formula is C22H16BrCl2FN2O2S. The Morgan fingerprint density at radius 3 is 2.61 bits per heavy atom. The summed E-state index contributed by atoms with van der Waals surface area (Å²) in [6, 6.07) is 17.0. The standard InChI is InChI=1S/C22H16BrCl2FN2O2S/c23-18-9-14(10-19(25)22(18)30-12-15-3-1-2-4-20(15)26)11-27-28-21(29)13-31-17-7-5-16(24)6-8-17/h1-11H,12-13H2,(H,28,29)/b27-11-. The first-order chi connectivity index (χ1) is 14.9. The van der Waals surface area contributed by atoms with Gasteiger partial charge in [-0.3, -0.25) is 4.79 Å². The molecule has 9 heteroatoms. The Labute approximate surface area is 201 Å². The molecule has 0 fully saturated rings. The molecule has 0 aliphatic heterocycles. The van der Waals surface area contributed by atoms with Gasteiger partial charge in [-0.1, -0.05) is 41.4 Å². The van der Waals surface area contributed by atoms with Crippen molar-refractivity contribution >= 4 is 63.0 Å². The van der Waals surface area contributed by atoms with Gasteiger partial charge in [0.25, 0.3) is 0 Å². The number of nitrogens with one attached hydrogen (secondary N) is 1. The maximum absolute atomic E-state index is 13.7. The highest BCUT2D eigenvalue weighted by molar-refractivity contribution is 9.10. The predicted molar refractivity (Wildman–Crippen MR) is 128 cm³/mol. The molecular weight excluding hydrogens is 526 g/mol. The number of ether oxygens (including phenoxy) is 1. The number of rotatable bonds is 8. The molecule has 3 rings (SSSR count). The van der Waals surface area contributed by atoms with E-state index in [1.807, 2.05) is 12.1 Å². The second-order valence-corrected chi connectivity index (χ2v) is 8.98. The Hall–Kier alpha value is -2.06. The second-order valence-electron chi connectivity index (χ2n) is 6.23. The summed E-state index contributed by atoms with van der Waals surface area (Å²) in [6.07, 6.45) is 1.47. The van der Waals surface area contributed by atoms with Crippen molar-refractivity contribution < 1.29 is 13.9 Å². The van der Waals surface area contributed by atoms with E-state index in [0.29, 0.717) is 31.4 Å². The molecule has 0 aliphatic rings. The fourth-order valence-corrected chi connectivity index (χ4v) is 4.25. The molecule has 0 saturated carbocycles. The van der Waals surface area contributed by atoms with Crippen LogP contribution in [0.3, 0.4) is 0 Å². The summed E-state index contributed by atoms with van der Waals surface area (Å²) in [6.45, 7) is 0.0414. The number of carbonyl (C=O) groups is 1. The summed E-state index contributed by atoms with van der Waals surface area (Å²) in [5.74, 6) is 0.0202. The van der Waals surface area contributed by atoms with Crippen molar-refractivity contribution in [3.63, 3.8) is 0 Å². The van der Waals surface area contributed by atoms with Crippen molar-refractivity contribution in [3.05, 3.63) is 92.1 Å². The van der Waals surface area contributed by atoms with Crippen LogP contribution in [0.1, 0.15) is 11.1 Å². The fourth-order valence-electron chi connectivity index (χ4n) is 2.45. The van der Waals surface area contributed by atoms with Crippen molar-refractivity contribution in [2.24, 2.45) is 5.10 Å². The van der Waals surface area contributed by atoms with E-state index in [-0.39, 0.29) is 24.1 Å². The van der Waals surface area contributed by atoms with E-state index >= 15 is 0 Å². The van der Waals surface area contributed by atoms with Crippen LogP contribution in [0.2, 0.25) is 10.0 Å². The molecule has 0 unspecified atom stereocenters. The SMILES string of the molecule is O=C(CSc1ccc(Cl)cc1)N/N=C\c1cc(Cl)c(OCc2ccccc2F)c(Br)c1. The Morgan fingerprint density at radius 2 is 1.90 bits per heavy atom. The van der Waals surface area contributed by atoms with Crippen LogP contribution in [0.4, 0.5) is 4.39 Å². The maximum atomic E-state index is 13.7. The van der Waals surface area contributed by atoms with Crippen LogP contribution < -0.4 is 10.2 Å².